The van der Waals surface area contributed by atoms with Gasteiger partial charge >= 0.3 is 0 Å². The van der Waals surface area contributed by atoms with Crippen LogP contribution >= 0.6 is 0 Å². The zero-order valence-electron chi connectivity index (χ0n) is 12.8. The second-order valence-electron chi connectivity index (χ2n) is 7.82. The Morgan fingerprint density at radius 1 is 0.944 bits per heavy atom. The van der Waals surface area contributed by atoms with E-state index in [0.717, 1.165) is 17.8 Å². The topological polar surface area (TPSA) is 12.0 Å². The molecular formula is C17H33N. The molecule has 1 atom stereocenters. The predicted molar refractivity (Wildman–Crippen MR) is 79.8 cm³/mol. The number of hydrogen-bond acceptors (Lipinski definition) is 1. The van der Waals surface area contributed by atoms with Crippen molar-refractivity contribution in [2.24, 2.45) is 17.8 Å². The Labute approximate surface area is 114 Å². The van der Waals surface area contributed by atoms with Crippen LogP contribution in [0.25, 0.3) is 0 Å². The van der Waals surface area contributed by atoms with E-state index in [2.05, 4.69) is 26.1 Å². The molecule has 0 heterocycles. The highest BCUT2D eigenvalue weighted by molar-refractivity contribution is 4.83. The molecule has 1 nitrogen and oxygen atoms in total. The minimum Gasteiger partial charge on any atom is -0.312 e. The fraction of sp³-hybridized carbons (Fsp3) is 1.00. The first-order valence-corrected chi connectivity index (χ1v) is 8.29. The Balaban J connectivity index is 1.84. The SMILES string of the molecule is CC(C)(C)NCC(CC1CCCC1)C1CCCC1. The van der Waals surface area contributed by atoms with Crippen LogP contribution in [0.4, 0.5) is 0 Å². The van der Waals surface area contributed by atoms with Crippen molar-refractivity contribution in [3.63, 3.8) is 0 Å². The Kier molecular flexibility index (Phi) is 5.12. The lowest BCUT2D eigenvalue weighted by molar-refractivity contribution is 0.241. The van der Waals surface area contributed by atoms with Gasteiger partial charge in [-0.1, -0.05) is 51.4 Å². The number of nitrogens with one attached hydrogen (secondary N) is 1. The van der Waals surface area contributed by atoms with Gasteiger partial charge in [-0.3, -0.25) is 0 Å². The van der Waals surface area contributed by atoms with Crippen molar-refractivity contribution in [1.82, 2.24) is 5.32 Å². The van der Waals surface area contributed by atoms with Crippen molar-refractivity contribution in [3.05, 3.63) is 0 Å². The third kappa shape index (κ3) is 4.57. The minimum absolute atomic E-state index is 0.284. The lowest BCUT2D eigenvalue weighted by Gasteiger charge is -2.30. The van der Waals surface area contributed by atoms with Crippen molar-refractivity contribution in [2.75, 3.05) is 6.54 Å². The van der Waals surface area contributed by atoms with Gasteiger partial charge in [0, 0.05) is 5.54 Å². The third-order valence-electron chi connectivity index (χ3n) is 5.07. The summed E-state index contributed by atoms with van der Waals surface area (Å²) in [7, 11) is 0. The van der Waals surface area contributed by atoms with Gasteiger partial charge in [-0.2, -0.15) is 0 Å². The lowest BCUT2D eigenvalue weighted by atomic mass is 9.82. The van der Waals surface area contributed by atoms with Crippen molar-refractivity contribution in [3.8, 4) is 0 Å². The van der Waals surface area contributed by atoms with Crippen molar-refractivity contribution >= 4 is 0 Å². The molecule has 2 fully saturated rings. The average Bonchev–Trinajstić information content (AvgIpc) is 2.95. The molecule has 0 bridgehead atoms. The van der Waals surface area contributed by atoms with E-state index in [1.165, 1.54) is 64.3 Å². The van der Waals surface area contributed by atoms with Gasteiger partial charge in [-0.05, 0) is 51.5 Å². The normalized spacial score (nSPS) is 24.8. The van der Waals surface area contributed by atoms with Gasteiger partial charge < -0.3 is 5.32 Å². The van der Waals surface area contributed by atoms with Gasteiger partial charge in [-0.25, -0.2) is 0 Å². The molecule has 1 heteroatoms. The van der Waals surface area contributed by atoms with E-state index in [1.54, 1.807) is 0 Å². The van der Waals surface area contributed by atoms with Gasteiger partial charge in [-0.15, -0.1) is 0 Å². The van der Waals surface area contributed by atoms with E-state index in [9.17, 15) is 0 Å². The molecule has 0 radical (unpaired) electrons. The first-order chi connectivity index (χ1) is 8.54. The van der Waals surface area contributed by atoms with Gasteiger partial charge in [0.2, 0.25) is 0 Å². The van der Waals surface area contributed by atoms with Crippen LogP contribution < -0.4 is 5.32 Å². The molecule has 18 heavy (non-hydrogen) atoms. The minimum atomic E-state index is 0.284. The number of rotatable bonds is 5. The Morgan fingerprint density at radius 3 is 2.06 bits per heavy atom. The first kappa shape index (κ1) is 14.4. The summed E-state index contributed by atoms with van der Waals surface area (Å²) in [6, 6.07) is 0. The Bertz CT molecular complexity index is 228. The van der Waals surface area contributed by atoms with Crippen LogP contribution in [0.2, 0.25) is 0 Å². The summed E-state index contributed by atoms with van der Waals surface area (Å²) in [6.07, 6.45) is 13.5. The molecule has 106 valence electrons. The quantitative estimate of drug-likeness (QED) is 0.743. The fourth-order valence-corrected chi connectivity index (χ4v) is 3.98. The lowest BCUT2D eigenvalue weighted by Crippen LogP contribution is -2.41. The summed E-state index contributed by atoms with van der Waals surface area (Å²) in [6.45, 7) is 8.15. The smallest absolute Gasteiger partial charge is 0.00966 e. The summed E-state index contributed by atoms with van der Waals surface area (Å²) in [4.78, 5) is 0. The maximum Gasteiger partial charge on any atom is 0.00966 e. The molecule has 0 aromatic rings. The zero-order chi connectivity index (χ0) is 13.0. The highest BCUT2D eigenvalue weighted by Gasteiger charge is 2.29. The summed E-state index contributed by atoms with van der Waals surface area (Å²) >= 11 is 0. The van der Waals surface area contributed by atoms with Gasteiger partial charge in [0.1, 0.15) is 0 Å². The second kappa shape index (κ2) is 6.41. The van der Waals surface area contributed by atoms with Crippen LogP contribution in [-0.4, -0.2) is 12.1 Å². The van der Waals surface area contributed by atoms with E-state index >= 15 is 0 Å². The predicted octanol–water partition coefficient (Wildman–Crippen LogP) is 4.76. The molecule has 1 unspecified atom stereocenters. The second-order valence-corrected chi connectivity index (χ2v) is 7.82. The molecule has 2 aliphatic rings. The zero-order valence-corrected chi connectivity index (χ0v) is 12.8. The van der Waals surface area contributed by atoms with E-state index in [0.29, 0.717) is 0 Å². The van der Waals surface area contributed by atoms with Gasteiger partial charge in [0.25, 0.3) is 0 Å². The molecule has 0 aromatic heterocycles. The van der Waals surface area contributed by atoms with Crippen LogP contribution in [0, 0.1) is 17.8 Å². The summed E-state index contributed by atoms with van der Waals surface area (Å²) in [5.41, 5.74) is 0.284. The highest BCUT2D eigenvalue weighted by Crippen LogP contribution is 2.38. The maximum atomic E-state index is 3.77. The van der Waals surface area contributed by atoms with Crippen molar-refractivity contribution in [2.45, 2.75) is 84.1 Å². The van der Waals surface area contributed by atoms with E-state index in [4.69, 9.17) is 0 Å². The van der Waals surface area contributed by atoms with Crippen molar-refractivity contribution < 1.29 is 0 Å². The Morgan fingerprint density at radius 2 is 1.50 bits per heavy atom. The van der Waals surface area contributed by atoms with Crippen LogP contribution in [0.1, 0.15) is 78.6 Å². The molecule has 0 spiro atoms. The number of hydrogen-bond donors (Lipinski definition) is 1. The molecule has 2 saturated carbocycles. The molecule has 2 rings (SSSR count). The third-order valence-corrected chi connectivity index (χ3v) is 5.07. The van der Waals surface area contributed by atoms with Crippen LogP contribution in [0.3, 0.4) is 0 Å². The van der Waals surface area contributed by atoms with Crippen LogP contribution in [0.5, 0.6) is 0 Å². The van der Waals surface area contributed by atoms with E-state index in [-0.39, 0.29) is 5.54 Å². The monoisotopic (exact) mass is 251 g/mol. The van der Waals surface area contributed by atoms with Gasteiger partial charge in [0.15, 0.2) is 0 Å². The Hall–Kier alpha value is -0.0400. The molecule has 0 saturated heterocycles. The molecule has 1 N–H and O–H groups in total. The summed E-state index contributed by atoms with van der Waals surface area (Å²) in [5, 5.41) is 3.77. The summed E-state index contributed by atoms with van der Waals surface area (Å²) < 4.78 is 0. The van der Waals surface area contributed by atoms with Gasteiger partial charge in [0.05, 0.1) is 0 Å². The first-order valence-electron chi connectivity index (χ1n) is 8.29. The molecule has 0 aliphatic heterocycles. The van der Waals surface area contributed by atoms with Crippen LogP contribution in [0.15, 0.2) is 0 Å². The van der Waals surface area contributed by atoms with E-state index < -0.39 is 0 Å². The summed E-state index contributed by atoms with van der Waals surface area (Å²) in [5.74, 6) is 3.03. The average molecular weight is 251 g/mol. The van der Waals surface area contributed by atoms with E-state index in [1.807, 2.05) is 0 Å². The highest BCUT2D eigenvalue weighted by atomic mass is 14.9. The molecule has 2 aliphatic carbocycles. The largest absolute Gasteiger partial charge is 0.312 e. The fourth-order valence-electron chi connectivity index (χ4n) is 3.98. The molecule has 0 amide bonds. The van der Waals surface area contributed by atoms with Crippen LogP contribution in [-0.2, 0) is 0 Å². The molecular weight excluding hydrogens is 218 g/mol. The maximum absolute atomic E-state index is 3.77. The molecule has 0 aromatic carbocycles. The van der Waals surface area contributed by atoms with Crippen molar-refractivity contribution in [1.29, 1.82) is 0 Å². The standard InChI is InChI=1S/C17H33N/c1-17(2,3)18-13-16(15-10-6-7-11-15)12-14-8-4-5-9-14/h14-16,18H,4-13H2,1-3H3.